The van der Waals surface area contributed by atoms with Gasteiger partial charge in [0.1, 0.15) is 5.75 Å². The van der Waals surface area contributed by atoms with E-state index in [1.165, 1.54) is 0 Å². The minimum atomic E-state index is -0.251. The number of hydrogen-bond donors (Lipinski definition) is 1. The number of rotatable bonds is 7. The SMILES string of the molecule is CCOc1ccc(NC(=O)COc2ccc(Br)cc2)cc1OC. The number of nitrogens with one attached hydrogen (secondary N) is 1. The third-order valence-corrected chi connectivity index (χ3v) is 3.46. The van der Waals surface area contributed by atoms with Crippen molar-refractivity contribution in [2.75, 3.05) is 25.6 Å². The fourth-order valence-corrected chi connectivity index (χ4v) is 2.16. The van der Waals surface area contributed by atoms with Gasteiger partial charge in [-0.2, -0.15) is 0 Å². The van der Waals surface area contributed by atoms with Crippen LogP contribution in [0, 0.1) is 0 Å². The molecule has 1 amide bonds. The molecule has 0 bridgehead atoms. The number of benzene rings is 2. The van der Waals surface area contributed by atoms with E-state index in [9.17, 15) is 4.79 Å². The third kappa shape index (κ3) is 5.17. The zero-order valence-corrected chi connectivity index (χ0v) is 14.6. The molecule has 1 N–H and O–H groups in total. The van der Waals surface area contributed by atoms with Gasteiger partial charge in [-0.05, 0) is 43.3 Å². The van der Waals surface area contributed by atoms with Crippen LogP contribution in [-0.4, -0.2) is 26.2 Å². The molecule has 0 saturated heterocycles. The molecule has 0 saturated carbocycles. The Kier molecular flexibility index (Phi) is 6.29. The fourth-order valence-electron chi connectivity index (χ4n) is 1.90. The molecular formula is C17H18BrNO4. The van der Waals surface area contributed by atoms with Crippen LogP contribution in [0.15, 0.2) is 46.9 Å². The molecule has 0 aliphatic heterocycles. The molecule has 122 valence electrons. The summed E-state index contributed by atoms with van der Waals surface area (Å²) in [5, 5.41) is 2.76. The summed E-state index contributed by atoms with van der Waals surface area (Å²) in [6, 6.07) is 12.5. The monoisotopic (exact) mass is 379 g/mol. The van der Waals surface area contributed by atoms with E-state index in [0.29, 0.717) is 29.5 Å². The topological polar surface area (TPSA) is 56.8 Å². The van der Waals surface area contributed by atoms with E-state index in [1.807, 2.05) is 19.1 Å². The van der Waals surface area contributed by atoms with Gasteiger partial charge >= 0.3 is 0 Å². The first-order valence-corrected chi connectivity index (χ1v) is 7.90. The van der Waals surface area contributed by atoms with Crippen molar-refractivity contribution in [2.24, 2.45) is 0 Å². The first-order valence-electron chi connectivity index (χ1n) is 7.11. The van der Waals surface area contributed by atoms with Crippen molar-refractivity contribution >= 4 is 27.5 Å². The summed E-state index contributed by atoms with van der Waals surface area (Å²) >= 11 is 3.34. The lowest BCUT2D eigenvalue weighted by Gasteiger charge is -2.12. The Morgan fingerprint density at radius 3 is 2.48 bits per heavy atom. The maximum atomic E-state index is 11.9. The van der Waals surface area contributed by atoms with Crippen LogP contribution in [0.1, 0.15) is 6.92 Å². The molecule has 2 aromatic carbocycles. The highest BCUT2D eigenvalue weighted by Crippen LogP contribution is 2.30. The number of anilines is 1. The van der Waals surface area contributed by atoms with Crippen molar-refractivity contribution in [3.05, 3.63) is 46.9 Å². The molecule has 0 heterocycles. The largest absolute Gasteiger partial charge is 0.493 e. The summed E-state index contributed by atoms with van der Waals surface area (Å²) in [6.45, 7) is 2.37. The Labute approximate surface area is 143 Å². The van der Waals surface area contributed by atoms with Gasteiger partial charge in [0, 0.05) is 16.2 Å². The van der Waals surface area contributed by atoms with Crippen LogP contribution in [0.5, 0.6) is 17.2 Å². The second kappa shape index (κ2) is 8.43. The molecule has 0 aliphatic carbocycles. The van der Waals surface area contributed by atoms with Crippen molar-refractivity contribution in [2.45, 2.75) is 6.92 Å². The van der Waals surface area contributed by atoms with Crippen molar-refractivity contribution in [3.63, 3.8) is 0 Å². The second-order valence-corrected chi connectivity index (χ2v) is 5.51. The van der Waals surface area contributed by atoms with Gasteiger partial charge in [0.05, 0.1) is 13.7 Å². The number of hydrogen-bond acceptors (Lipinski definition) is 4. The molecule has 5 nitrogen and oxygen atoms in total. The molecule has 0 spiro atoms. The standard InChI is InChI=1S/C17H18BrNO4/c1-3-22-15-9-6-13(10-16(15)21-2)19-17(20)11-23-14-7-4-12(18)5-8-14/h4-10H,3,11H2,1-2H3,(H,19,20). The Morgan fingerprint density at radius 2 is 1.83 bits per heavy atom. The van der Waals surface area contributed by atoms with Crippen molar-refractivity contribution in [1.29, 1.82) is 0 Å². The summed E-state index contributed by atoms with van der Waals surface area (Å²) in [4.78, 5) is 11.9. The van der Waals surface area contributed by atoms with Crippen LogP contribution in [0.4, 0.5) is 5.69 Å². The van der Waals surface area contributed by atoms with Gasteiger partial charge in [0.15, 0.2) is 18.1 Å². The van der Waals surface area contributed by atoms with Gasteiger partial charge in [0.2, 0.25) is 0 Å². The summed E-state index contributed by atoms with van der Waals surface area (Å²) in [6.07, 6.45) is 0. The highest BCUT2D eigenvalue weighted by Gasteiger charge is 2.08. The van der Waals surface area contributed by atoms with E-state index in [-0.39, 0.29) is 12.5 Å². The van der Waals surface area contributed by atoms with E-state index in [0.717, 1.165) is 4.47 Å². The molecule has 2 rings (SSSR count). The zero-order chi connectivity index (χ0) is 16.7. The maximum Gasteiger partial charge on any atom is 0.262 e. The van der Waals surface area contributed by atoms with Crippen molar-refractivity contribution < 1.29 is 19.0 Å². The van der Waals surface area contributed by atoms with Crippen LogP contribution in [-0.2, 0) is 4.79 Å². The van der Waals surface area contributed by atoms with E-state index >= 15 is 0 Å². The number of halogens is 1. The zero-order valence-electron chi connectivity index (χ0n) is 13.0. The molecule has 23 heavy (non-hydrogen) atoms. The van der Waals surface area contributed by atoms with E-state index < -0.39 is 0 Å². The number of ether oxygens (including phenoxy) is 3. The summed E-state index contributed by atoms with van der Waals surface area (Å²) in [5.74, 6) is 1.59. The highest BCUT2D eigenvalue weighted by atomic mass is 79.9. The lowest BCUT2D eigenvalue weighted by Crippen LogP contribution is -2.20. The van der Waals surface area contributed by atoms with Gasteiger partial charge in [-0.1, -0.05) is 15.9 Å². The lowest BCUT2D eigenvalue weighted by molar-refractivity contribution is -0.118. The quantitative estimate of drug-likeness (QED) is 0.792. The summed E-state index contributed by atoms with van der Waals surface area (Å²) in [7, 11) is 1.56. The average Bonchev–Trinajstić information content (AvgIpc) is 2.56. The first-order chi connectivity index (χ1) is 11.1. The highest BCUT2D eigenvalue weighted by molar-refractivity contribution is 9.10. The summed E-state index contributed by atoms with van der Waals surface area (Å²) < 4.78 is 17.1. The second-order valence-electron chi connectivity index (χ2n) is 4.59. The van der Waals surface area contributed by atoms with Gasteiger partial charge in [0.25, 0.3) is 5.91 Å². The van der Waals surface area contributed by atoms with Crippen LogP contribution < -0.4 is 19.5 Å². The Bertz CT molecular complexity index is 658. The molecule has 0 fully saturated rings. The molecule has 2 aromatic rings. The smallest absolute Gasteiger partial charge is 0.262 e. The number of carbonyl (C=O) groups is 1. The lowest BCUT2D eigenvalue weighted by atomic mass is 10.2. The normalized spacial score (nSPS) is 10.0. The number of amides is 1. The van der Waals surface area contributed by atoms with Gasteiger partial charge < -0.3 is 19.5 Å². The van der Waals surface area contributed by atoms with Gasteiger partial charge in [-0.15, -0.1) is 0 Å². The maximum absolute atomic E-state index is 11.9. The molecule has 0 radical (unpaired) electrons. The van der Waals surface area contributed by atoms with Gasteiger partial charge in [-0.25, -0.2) is 0 Å². The third-order valence-electron chi connectivity index (χ3n) is 2.93. The summed E-state index contributed by atoms with van der Waals surface area (Å²) in [5.41, 5.74) is 0.620. The van der Waals surface area contributed by atoms with Crippen LogP contribution in [0.25, 0.3) is 0 Å². The van der Waals surface area contributed by atoms with Crippen molar-refractivity contribution in [3.8, 4) is 17.2 Å². The molecule has 0 unspecified atom stereocenters. The molecule has 6 heteroatoms. The van der Waals surface area contributed by atoms with E-state index in [2.05, 4.69) is 21.2 Å². The fraction of sp³-hybridized carbons (Fsp3) is 0.235. The van der Waals surface area contributed by atoms with Crippen molar-refractivity contribution in [1.82, 2.24) is 0 Å². The van der Waals surface area contributed by atoms with Gasteiger partial charge in [-0.3, -0.25) is 4.79 Å². The van der Waals surface area contributed by atoms with Crippen LogP contribution in [0.2, 0.25) is 0 Å². The predicted molar refractivity (Wildman–Crippen MR) is 92.4 cm³/mol. The minimum Gasteiger partial charge on any atom is -0.493 e. The van der Waals surface area contributed by atoms with E-state index in [4.69, 9.17) is 14.2 Å². The number of carbonyl (C=O) groups excluding carboxylic acids is 1. The van der Waals surface area contributed by atoms with Crippen LogP contribution in [0.3, 0.4) is 0 Å². The Morgan fingerprint density at radius 1 is 1.09 bits per heavy atom. The van der Waals surface area contributed by atoms with E-state index in [1.54, 1.807) is 37.4 Å². The average molecular weight is 380 g/mol. The first kappa shape index (κ1) is 17.1. The molecule has 0 atom stereocenters. The molecule has 0 aromatic heterocycles. The Balaban J connectivity index is 1.93. The number of methoxy groups -OCH3 is 1. The molecular weight excluding hydrogens is 362 g/mol. The Hall–Kier alpha value is -2.21. The minimum absolute atomic E-state index is 0.0723. The predicted octanol–water partition coefficient (Wildman–Crippen LogP) is 3.87. The van der Waals surface area contributed by atoms with Crippen LogP contribution >= 0.6 is 15.9 Å². The molecule has 0 aliphatic rings.